The number of piperidine rings is 1. The smallest absolute Gasteiger partial charge is 0.0861 e. The standard InChI is InChI=1S/C38H40N2O/c1-4-22-41-38(35-18-20-39-37-17-11-10-16-34(35)37)27(3)23-29-19-21-40(25-28(29)5-2)26-36-32-14-8-6-12-30(32)24-31-13-7-9-15-33(31)36/h4-18,20,24,27-29,38H,1-2,19,21-23,25-26H2,3H3. The molecule has 0 spiro atoms. The van der Waals surface area contributed by atoms with Crippen LogP contribution in [0.25, 0.3) is 32.4 Å². The molecule has 0 saturated carbocycles. The van der Waals surface area contributed by atoms with E-state index in [9.17, 15) is 0 Å². The summed E-state index contributed by atoms with van der Waals surface area (Å²) in [5.74, 6) is 1.37. The van der Waals surface area contributed by atoms with Crippen molar-refractivity contribution in [3.05, 3.63) is 128 Å². The van der Waals surface area contributed by atoms with E-state index in [1.165, 1.54) is 38.1 Å². The maximum absolute atomic E-state index is 6.46. The summed E-state index contributed by atoms with van der Waals surface area (Å²) in [6.07, 6.45) is 8.22. The second kappa shape index (κ2) is 12.4. The van der Waals surface area contributed by atoms with Crippen LogP contribution in [0.2, 0.25) is 0 Å². The van der Waals surface area contributed by atoms with Gasteiger partial charge in [-0.2, -0.15) is 0 Å². The normalized spacial score (nSPS) is 19.3. The first-order valence-electron chi connectivity index (χ1n) is 15.0. The zero-order chi connectivity index (χ0) is 28.2. The molecule has 5 aromatic rings. The molecular formula is C38H40N2O. The highest BCUT2D eigenvalue weighted by molar-refractivity contribution is 6.02. The SMILES string of the molecule is C=CCOC(c1ccnc2ccccc12)C(C)CC1CCN(Cc2c3ccccc3cc3ccccc23)CC1C=C. The van der Waals surface area contributed by atoms with Gasteiger partial charge < -0.3 is 4.74 Å². The number of hydrogen-bond donors (Lipinski definition) is 0. The van der Waals surface area contributed by atoms with Gasteiger partial charge in [-0.05, 0) is 88.0 Å². The number of benzene rings is 4. The Kier molecular flexibility index (Phi) is 8.27. The Morgan fingerprint density at radius 1 is 0.927 bits per heavy atom. The fourth-order valence-electron chi connectivity index (χ4n) is 7.01. The summed E-state index contributed by atoms with van der Waals surface area (Å²) >= 11 is 0. The Labute approximate surface area is 244 Å². The summed E-state index contributed by atoms with van der Waals surface area (Å²) in [6, 6.07) is 30.5. The molecule has 3 heteroatoms. The second-order valence-corrected chi connectivity index (χ2v) is 11.7. The molecular weight excluding hydrogens is 500 g/mol. The van der Waals surface area contributed by atoms with Crippen molar-refractivity contribution in [2.45, 2.75) is 32.4 Å². The Hall–Kier alpha value is -3.79. The van der Waals surface area contributed by atoms with Gasteiger partial charge in [0.05, 0.1) is 18.2 Å². The third-order valence-corrected chi connectivity index (χ3v) is 9.03. The number of pyridine rings is 1. The zero-order valence-electron chi connectivity index (χ0n) is 24.1. The fourth-order valence-corrected chi connectivity index (χ4v) is 7.01. The van der Waals surface area contributed by atoms with Crippen molar-refractivity contribution >= 4 is 32.4 Å². The van der Waals surface area contributed by atoms with Crippen LogP contribution in [0.4, 0.5) is 0 Å². The summed E-state index contributed by atoms with van der Waals surface area (Å²) in [5.41, 5.74) is 3.68. The molecule has 2 heterocycles. The molecule has 1 aromatic heterocycles. The molecule has 41 heavy (non-hydrogen) atoms. The minimum Gasteiger partial charge on any atom is -0.369 e. The largest absolute Gasteiger partial charge is 0.369 e. The molecule has 1 aliphatic heterocycles. The summed E-state index contributed by atoms with van der Waals surface area (Å²) in [7, 11) is 0. The molecule has 0 aliphatic carbocycles. The molecule has 0 amide bonds. The molecule has 1 saturated heterocycles. The maximum atomic E-state index is 6.46. The van der Waals surface area contributed by atoms with Crippen LogP contribution in [-0.2, 0) is 11.3 Å². The number of para-hydroxylation sites is 1. The quantitative estimate of drug-likeness (QED) is 0.130. The molecule has 1 aliphatic rings. The zero-order valence-corrected chi connectivity index (χ0v) is 24.1. The van der Waals surface area contributed by atoms with Crippen molar-refractivity contribution in [3.8, 4) is 0 Å². The first-order chi connectivity index (χ1) is 20.2. The van der Waals surface area contributed by atoms with Gasteiger partial charge in [0.15, 0.2) is 0 Å². The average Bonchev–Trinajstić information content (AvgIpc) is 3.02. The van der Waals surface area contributed by atoms with Crippen molar-refractivity contribution in [2.75, 3.05) is 19.7 Å². The lowest BCUT2D eigenvalue weighted by Gasteiger charge is -2.39. The van der Waals surface area contributed by atoms with E-state index in [1.807, 2.05) is 18.3 Å². The third-order valence-electron chi connectivity index (χ3n) is 9.03. The van der Waals surface area contributed by atoms with Crippen molar-refractivity contribution in [1.29, 1.82) is 0 Å². The van der Waals surface area contributed by atoms with Crippen LogP contribution in [0.5, 0.6) is 0 Å². The highest BCUT2D eigenvalue weighted by atomic mass is 16.5. The van der Waals surface area contributed by atoms with Gasteiger partial charge >= 0.3 is 0 Å². The van der Waals surface area contributed by atoms with Crippen LogP contribution >= 0.6 is 0 Å². The molecule has 0 N–H and O–H groups in total. The lowest BCUT2D eigenvalue weighted by atomic mass is 9.77. The summed E-state index contributed by atoms with van der Waals surface area (Å²) in [5, 5.41) is 6.54. The topological polar surface area (TPSA) is 25.4 Å². The number of likely N-dealkylation sites (tertiary alicyclic amines) is 1. The van der Waals surface area contributed by atoms with Crippen LogP contribution in [0.15, 0.2) is 116 Å². The lowest BCUT2D eigenvalue weighted by Crippen LogP contribution is -2.40. The number of rotatable bonds is 10. The van der Waals surface area contributed by atoms with Crippen LogP contribution in [0, 0.1) is 17.8 Å². The number of nitrogens with zero attached hydrogens (tertiary/aromatic N) is 2. The average molecular weight is 541 g/mol. The lowest BCUT2D eigenvalue weighted by molar-refractivity contribution is 0.0167. The minimum atomic E-state index is -0.00792. The molecule has 6 rings (SSSR count). The van der Waals surface area contributed by atoms with Gasteiger partial charge in [0, 0.05) is 24.7 Å². The van der Waals surface area contributed by atoms with E-state index < -0.39 is 0 Å². The monoisotopic (exact) mass is 540 g/mol. The van der Waals surface area contributed by atoms with Gasteiger partial charge in [0.2, 0.25) is 0 Å². The van der Waals surface area contributed by atoms with Crippen molar-refractivity contribution in [3.63, 3.8) is 0 Å². The first-order valence-corrected chi connectivity index (χ1v) is 15.0. The van der Waals surface area contributed by atoms with Gasteiger partial charge in [-0.1, -0.05) is 85.8 Å². The molecule has 1 fully saturated rings. The molecule has 3 nitrogen and oxygen atoms in total. The van der Waals surface area contributed by atoms with Gasteiger partial charge in [-0.15, -0.1) is 13.2 Å². The van der Waals surface area contributed by atoms with E-state index in [2.05, 4.69) is 115 Å². The number of fused-ring (bicyclic) bond motifs is 3. The third kappa shape index (κ3) is 5.70. The molecule has 0 radical (unpaired) electrons. The summed E-state index contributed by atoms with van der Waals surface area (Å²) in [4.78, 5) is 7.23. The Morgan fingerprint density at radius 2 is 1.61 bits per heavy atom. The molecule has 4 atom stereocenters. The number of aromatic nitrogens is 1. The number of ether oxygens (including phenoxy) is 1. The Bertz CT molecular complexity index is 1610. The fraction of sp³-hybridized carbons (Fsp3) is 0.289. The Morgan fingerprint density at radius 3 is 2.32 bits per heavy atom. The van der Waals surface area contributed by atoms with Crippen molar-refractivity contribution in [1.82, 2.24) is 9.88 Å². The van der Waals surface area contributed by atoms with Gasteiger partial charge in [-0.25, -0.2) is 0 Å². The highest BCUT2D eigenvalue weighted by Crippen LogP contribution is 2.39. The molecule has 4 aromatic carbocycles. The second-order valence-electron chi connectivity index (χ2n) is 11.7. The number of hydrogen-bond acceptors (Lipinski definition) is 3. The summed E-state index contributed by atoms with van der Waals surface area (Å²) in [6.45, 7) is 14.2. The van der Waals surface area contributed by atoms with Gasteiger partial charge in [-0.3, -0.25) is 9.88 Å². The van der Waals surface area contributed by atoms with E-state index in [0.717, 1.165) is 38.0 Å². The van der Waals surface area contributed by atoms with Crippen LogP contribution in [0.3, 0.4) is 0 Å². The molecule has 4 unspecified atom stereocenters. The van der Waals surface area contributed by atoms with Crippen molar-refractivity contribution in [2.24, 2.45) is 17.8 Å². The van der Waals surface area contributed by atoms with E-state index in [-0.39, 0.29) is 6.10 Å². The van der Waals surface area contributed by atoms with Crippen molar-refractivity contribution < 1.29 is 4.74 Å². The van der Waals surface area contributed by atoms with Crippen LogP contribution in [-0.4, -0.2) is 29.6 Å². The maximum Gasteiger partial charge on any atom is 0.0861 e. The first kappa shape index (κ1) is 27.4. The van der Waals surface area contributed by atoms with Crippen LogP contribution in [0.1, 0.15) is 37.0 Å². The van der Waals surface area contributed by atoms with E-state index >= 15 is 0 Å². The van der Waals surface area contributed by atoms with Gasteiger partial charge in [0.25, 0.3) is 0 Å². The predicted octanol–water partition coefficient (Wildman–Crippen LogP) is 9.14. The van der Waals surface area contributed by atoms with E-state index in [4.69, 9.17) is 4.74 Å². The van der Waals surface area contributed by atoms with Crippen LogP contribution < -0.4 is 0 Å². The Balaban J connectivity index is 1.21. The predicted molar refractivity (Wildman–Crippen MR) is 173 cm³/mol. The highest BCUT2D eigenvalue weighted by Gasteiger charge is 2.32. The summed E-state index contributed by atoms with van der Waals surface area (Å²) < 4.78 is 6.46. The molecule has 208 valence electrons. The minimum absolute atomic E-state index is 0.00792. The molecule has 0 bridgehead atoms. The van der Waals surface area contributed by atoms with E-state index in [1.54, 1.807) is 0 Å². The van der Waals surface area contributed by atoms with E-state index in [0.29, 0.717) is 24.4 Å². The van der Waals surface area contributed by atoms with Gasteiger partial charge in [0.1, 0.15) is 0 Å².